The summed E-state index contributed by atoms with van der Waals surface area (Å²) < 4.78 is 5.26. The molecule has 0 aliphatic rings. The SMILES string of the molecule is O=C(CCc1ccccc1Cl)Nc1cccc(-c2cnco2)c1. The van der Waals surface area contributed by atoms with Crippen LogP contribution in [0.5, 0.6) is 0 Å². The van der Waals surface area contributed by atoms with E-state index in [0.29, 0.717) is 23.6 Å². The van der Waals surface area contributed by atoms with Gasteiger partial charge in [-0.25, -0.2) is 4.98 Å². The van der Waals surface area contributed by atoms with Crippen LogP contribution < -0.4 is 5.32 Å². The van der Waals surface area contributed by atoms with Gasteiger partial charge in [-0.2, -0.15) is 0 Å². The van der Waals surface area contributed by atoms with Gasteiger partial charge in [-0.15, -0.1) is 0 Å². The molecule has 0 saturated heterocycles. The molecule has 0 atom stereocenters. The highest BCUT2D eigenvalue weighted by Gasteiger charge is 2.07. The van der Waals surface area contributed by atoms with Crippen LogP contribution in [0.1, 0.15) is 12.0 Å². The van der Waals surface area contributed by atoms with Crippen LogP contribution in [0, 0.1) is 0 Å². The summed E-state index contributed by atoms with van der Waals surface area (Å²) in [4.78, 5) is 16.0. The van der Waals surface area contributed by atoms with Crippen molar-refractivity contribution in [2.45, 2.75) is 12.8 Å². The van der Waals surface area contributed by atoms with Crippen molar-refractivity contribution in [2.24, 2.45) is 0 Å². The molecule has 4 nitrogen and oxygen atoms in total. The molecule has 0 fully saturated rings. The number of benzene rings is 2. The number of carbonyl (C=O) groups is 1. The summed E-state index contributed by atoms with van der Waals surface area (Å²) in [5.41, 5.74) is 2.56. The van der Waals surface area contributed by atoms with Crippen LogP contribution in [-0.4, -0.2) is 10.9 Å². The Balaban J connectivity index is 1.62. The summed E-state index contributed by atoms with van der Waals surface area (Å²) in [6.07, 6.45) is 3.99. The highest BCUT2D eigenvalue weighted by molar-refractivity contribution is 6.31. The minimum Gasteiger partial charge on any atom is -0.444 e. The van der Waals surface area contributed by atoms with Crippen LogP contribution in [0.2, 0.25) is 5.02 Å². The zero-order valence-electron chi connectivity index (χ0n) is 12.3. The first-order valence-electron chi connectivity index (χ1n) is 7.24. The average Bonchev–Trinajstić information content (AvgIpc) is 3.09. The normalized spacial score (nSPS) is 10.5. The minimum absolute atomic E-state index is 0.0559. The van der Waals surface area contributed by atoms with E-state index < -0.39 is 0 Å². The number of hydrogen-bond acceptors (Lipinski definition) is 3. The van der Waals surface area contributed by atoms with Crippen LogP contribution in [0.25, 0.3) is 11.3 Å². The first kappa shape index (κ1) is 15.3. The molecule has 3 aromatic rings. The van der Waals surface area contributed by atoms with E-state index in [9.17, 15) is 4.79 Å². The molecular weight excluding hydrogens is 312 g/mol. The minimum atomic E-state index is -0.0559. The van der Waals surface area contributed by atoms with Crippen molar-refractivity contribution in [1.82, 2.24) is 4.98 Å². The van der Waals surface area contributed by atoms with Gasteiger partial charge in [-0.05, 0) is 30.2 Å². The fraction of sp³-hybridized carbons (Fsp3) is 0.111. The van der Waals surface area contributed by atoms with E-state index in [1.165, 1.54) is 6.39 Å². The van der Waals surface area contributed by atoms with Crippen molar-refractivity contribution in [2.75, 3.05) is 5.32 Å². The third kappa shape index (κ3) is 3.99. The Morgan fingerprint density at radius 2 is 2.04 bits per heavy atom. The lowest BCUT2D eigenvalue weighted by molar-refractivity contribution is -0.116. The Hall–Kier alpha value is -2.59. The fourth-order valence-corrected chi connectivity index (χ4v) is 2.51. The van der Waals surface area contributed by atoms with Crippen LogP contribution in [0.4, 0.5) is 5.69 Å². The lowest BCUT2D eigenvalue weighted by Gasteiger charge is -2.07. The van der Waals surface area contributed by atoms with Gasteiger partial charge in [0, 0.05) is 22.7 Å². The Morgan fingerprint density at radius 3 is 2.83 bits per heavy atom. The molecule has 0 unspecified atom stereocenters. The summed E-state index contributed by atoms with van der Waals surface area (Å²) in [5, 5.41) is 3.58. The maximum Gasteiger partial charge on any atom is 0.224 e. The van der Waals surface area contributed by atoms with Gasteiger partial charge in [0.05, 0.1) is 6.20 Å². The summed E-state index contributed by atoms with van der Waals surface area (Å²) >= 11 is 6.10. The molecule has 0 aliphatic heterocycles. The number of nitrogens with one attached hydrogen (secondary N) is 1. The van der Waals surface area contributed by atoms with Crippen LogP contribution in [-0.2, 0) is 11.2 Å². The second-order valence-electron chi connectivity index (χ2n) is 5.09. The Bertz CT molecular complexity index is 800. The molecule has 116 valence electrons. The van der Waals surface area contributed by atoms with Gasteiger partial charge in [0.2, 0.25) is 5.91 Å². The molecule has 23 heavy (non-hydrogen) atoms. The highest BCUT2D eigenvalue weighted by atomic mass is 35.5. The van der Waals surface area contributed by atoms with Crippen molar-refractivity contribution in [3.63, 3.8) is 0 Å². The van der Waals surface area contributed by atoms with Crippen LogP contribution in [0.15, 0.2) is 65.5 Å². The highest BCUT2D eigenvalue weighted by Crippen LogP contribution is 2.22. The number of aryl methyl sites for hydroxylation is 1. The quantitative estimate of drug-likeness (QED) is 0.747. The Kier molecular flexibility index (Phi) is 4.74. The first-order valence-corrected chi connectivity index (χ1v) is 7.62. The molecule has 0 bridgehead atoms. The summed E-state index contributed by atoms with van der Waals surface area (Å²) in [5.74, 6) is 0.608. The molecular formula is C18H15ClN2O2. The average molecular weight is 327 g/mol. The fourth-order valence-electron chi connectivity index (χ4n) is 2.28. The molecule has 1 N–H and O–H groups in total. The maximum atomic E-state index is 12.1. The van der Waals surface area contributed by atoms with Gasteiger partial charge < -0.3 is 9.73 Å². The van der Waals surface area contributed by atoms with Gasteiger partial charge in [0.15, 0.2) is 12.2 Å². The molecule has 0 spiro atoms. The Labute approximate surface area is 139 Å². The first-order chi connectivity index (χ1) is 11.2. The molecule has 0 radical (unpaired) electrons. The van der Waals surface area contributed by atoms with E-state index >= 15 is 0 Å². The van der Waals surface area contributed by atoms with Crippen molar-refractivity contribution < 1.29 is 9.21 Å². The van der Waals surface area contributed by atoms with Crippen LogP contribution >= 0.6 is 11.6 Å². The topological polar surface area (TPSA) is 55.1 Å². The lowest BCUT2D eigenvalue weighted by atomic mass is 10.1. The van der Waals surface area contributed by atoms with Crippen LogP contribution in [0.3, 0.4) is 0 Å². The van der Waals surface area contributed by atoms with Crippen molar-refractivity contribution in [3.05, 3.63) is 71.7 Å². The predicted octanol–water partition coefficient (Wildman–Crippen LogP) is 4.57. The molecule has 1 aromatic heterocycles. The zero-order valence-corrected chi connectivity index (χ0v) is 13.1. The second kappa shape index (κ2) is 7.11. The molecule has 5 heteroatoms. The van der Waals surface area contributed by atoms with Gasteiger partial charge in [-0.3, -0.25) is 4.79 Å². The largest absolute Gasteiger partial charge is 0.444 e. The summed E-state index contributed by atoms with van der Waals surface area (Å²) in [6.45, 7) is 0. The molecule has 0 saturated carbocycles. The molecule has 3 rings (SSSR count). The molecule has 0 aliphatic carbocycles. The number of carbonyl (C=O) groups excluding carboxylic acids is 1. The van der Waals surface area contributed by atoms with Gasteiger partial charge >= 0.3 is 0 Å². The zero-order chi connectivity index (χ0) is 16.1. The Morgan fingerprint density at radius 1 is 1.17 bits per heavy atom. The number of aromatic nitrogens is 1. The second-order valence-corrected chi connectivity index (χ2v) is 5.49. The van der Waals surface area contributed by atoms with E-state index in [1.807, 2.05) is 48.5 Å². The maximum absolute atomic E-state index is 12.1. The van der Waals surface area contributed by atoms with Gasteiger partial charge in [-0.1, -0.05) is 41.9 Å². The number of oxazole rings is 1. The number of nitrogens with zero attached hydrogens (tertiary/aromatic N) is 1. The summed E-state index contributed by atoms with van der Waals surface area (Å²) in [6, 6.07) is 15.0. The standard InChI is InChI=1S/C18H15ClN2O2/c19-16-7-2-1-4-13(16)8-9-18(22)21-15-6-3-5-14(10-15)17-11-20-12-23-17/h1-7,10-12H,8-9H2,(H,21,22). The van der Waals surface area contributed by atoms with E-state index in [0.717, 1.165) is 16.8 Å². The van der Waals surface area contributed by atoms with E-state index in [-0.39, 0.29) is 5.91 Å². The third-order valence-corrected chi connectivity index (χ3v) is 3.81. The number of rotatable bonds is 5. The van der Waals surface area contributed by atoms with Crippen molar-refractivity contribution in [1.29, 1.82) is 0 Å². The molecule has 2 aromatic carbocycles. The van der Waals surface area contributed by atoms with E-state index in [1.54, 1.807) is 6.20 Å². The lowest BCUT2D eigenvalue weighted by Crippen LogP contribution is -2.12. The smallest absolute Gasteiger partial charge is 0.224 e. The number of anilines is 1. The van der Waals surface area contributed by atoms with E-state index in [4.69, 9.17) is 16.0 Å². The van der Waals surface area contributed by atoms with E-state index in [2.05, 4.69) is 10.3 Å². The molecule has 1 heterocycles. The monoisotopic (exact) mass is 326 g/mol. The van der Waals surface area contributed by atoms with Crippen molar-refractivity contribution in [3.8, 4) is 11.3 Å². The third-order valence-electron chi connectivity index (χ3n) is 3.44. The van der Waals surface area contributed by atoms with Crippen molar-refractivity contribution >= 4 is 23.2 Å². The number of hydrogen-bond donors (Lipinski definition) is 1. The number of amides is 1. The molecule has 1 amide bonds. The van der Waals surface area contributed by atoms with Gasteiger partial charge in [0.1, 0.15) is 0 Å². The number of halogens is 1. The van der Waals surface area contributed by atoms with Gasteiger partial charge in [0.25, 0.3) is 0 Å². The predicted molar refractivity (Wildman–Crippen MR) is 90.3 cm³/mol. The summed E-state index contributed by atoms with van der Waals surface area (Å²) in [7, 11) is 0.